The van der Waals surface area contributed by atoms with E-state index in [4.69, 9.17) is 4.42 Å². The Morgan fingerprint density at radius 1 is 1.15 bits per heavy atom. The molecule has 0 aliphatic carbocycles. The van der Waals surface area contributed by atoms with E-state index in [1.54, 1.807) is 18.2 Å². The summed E-state index contributed by atoms with van der Waals surface area (Å²) in [7, 11) is 0. The number of para-hydroxylation sites is 1. The molecule has 0 spiro atoms. The van der Waals surface area contributed by atoms with Crippen LogP contribution in [0.5, 0.6) is 5.75 Å². The third-order valence-corrected chi connectivity index (χ3v) is 4.15. The van der Waals surface area contributed by atoms with Gasteiger partial charge in [0.1, 0.15) is 11.4 Å². The van der Waals surface area contributed by atoms with Crippen LogP contribution in [0.1, 0.15) is 30.4 Å². The van der Waals surface area contributed by atoms with Crippen molar-refractivity contribution in [3.8, 4) is 5.75 Å². The molecule has 3 rings (SSSR count). The number of benzene rings is 2. The van der Waals surface area contributed by atoms with Crippen LogP contribution in [-0.4, -0.2) is 10.7 Å². The molecule has 7 nitrogen and oxygen atoms in total. The Kier molecular flexibility index (Phi) is 6.54. The van der Waals surface area contributed by atoms with Crippen molar-refractivity contribution < 1.29 is 48.8 Å². The van der Waals surface area contributed by atoms with Gasteiger partial charge in [-0.2, -0.15) is 0 Å². The molecule has 1 unspecified atom stereocenters. The van der Waals surface area contributed by atoms with Crippen molar-refractivity contribution in [2.24, 2.45) is 0 Å². The molecule has 1 atom stereocenters. The molecular weight excluding hydrogens is 361 g/mol. The van der Waals surface area contributed by atoms with Crippen molar-refractivity contribution in [2.75, 3.05) is 0 Å². The number of ketones is 1. The maximum absolute atomic E-state index is 12.8. The van der Waals surface area contributed by atoms with Gasteiger partial charge in [0.25, 0.3) is 5.69 Å². The fourth-order valence-corrected chi connectivity index (χ4v) is 2.94. The van der Waals surface area contributed by atoms with Gasteiger partial charge in [-0.1, -0.05) is 36.1 Å². The molecule has 132 valence electrons. The van der Waals surface area contributed by atoms with E-state index < -0.39 is 22.2 Å². The topological polar surface area (TPSA) is 113 Å². The SMILES string of the molecule is CC(=O)CC(c1ccc([N+](=O)[O-])cc1)c1c([O-])c2ccccc2oc1=O.[Na+]. The van der Waals surface area contributed by atoms with E-state index in [1.165, 1.54) is 37.3 Å². The average Bonchev–Trinajstić information content (AvgIpc) is 2.60. The molecule has 0 radical (unpaired) electrons. The van der Waals surface area contributed by atoms with E-state index in [0.29, 0.717) is 5.56 Å². The van der Waals surface area contributed by atoms with Crippen molar-refractivity contribution in [3.63, 3.8) is 0 Å². The summed E-state index contributed by atoms with van der Waals surface area (Å²) in [5, 5.41) is 23.9. The zero-order chi connectivity index (χ0) is 18.8. The van der Waals surface area contributed by atoms with Gasteiger partial charge >= 0.3 is 35.2 Å². The number of nitro groups is 1. The summed E-state index contributed by atoms with van der Waals surface area (Å²) in [6.45, 7) is 1.35. The standard InChI is InChI=1S/C19H15NO6.Na/c1-11(21)10-15(12-6-8-13(9-7-12)20(24)25)17-18(22)14-4-2-3-5-16(14)26-19(17)23;/h2-9,15,22H,10H2,1H3;/q;+1/p-1. The first kappa shape index (κ1) is 20.8. The minimum absolute atomic E-state index is 0. The predicted octanol–water partition coefficient (Wildman–Crippen LogP) is -0.110. The number of non-ortho nitro benzene ring substituents is 1. The number of hydrogen-bond donors (Lipinski definition) is 0. The number of carbonyl (C=O) groups excluding carboxylic acids is 1. The maximum atomic E-state index is 12.8. The summed E-state index contributed by atoms with van der Waals surface area (Å²) in [4.78, 5) is 34.4. The Morgan fingerprint density at radius 2 is 1.78 bits per heavy atom. The first-order valence-corrected chi connectivity index (χ1v) is 7.85. The molecule has 1 aromatic heterocycles. The Morgan fingerprint density at radius 3 is 2.37 bits per heavy atom. The molecule has 0 amide bonds. The molecule has 0 saturated heterocycles. The normalized spacial score (nSPS) is 11.6. The molecule has 2 aromatic carbocycles. The fraction of sp³-hybridized carbons (Fsp3) is 0.158. The van der Waals surface area contributed by atoms with E-state index in [2.05, 4.69) is 0 Å². The van der Waals surface area contributed by atoms with E-state index in [0.717, 1.165) is 0 Å². The number of carbonyl (C=O) groups is 1. The molecule has 0 N–H and O–H groups in total. The van der Waals surface area contributed by atoms with Crippen LogP contribution >= 0.6 is 0 Å². The van der Waals surface area contributed by atoms with Gasteiger partial charge in [0.05, 0.1) is 4.92 Å². The predicted molar refractivity (Wildman–Crippen MR) is 92.2 cm³/mol. The monoisotopic (exact) mass is 375 g/mol. The molecular formula is C19H14NNaO6. The van der Waals surface area contributed by atoms with Crippen LogP contribution in [0.3, 0.4) is 0 Å². The Bertz CT molecular complexity index is 1060. The molecule has 8 heteroatoms. The van der Waals surface area contributed by atoms with Crippen LogP contribution in [-0.2, 0) is 4.79 Å². The van der Waals surface area contributed by atoms with Crippen molar-refractivity contribution in [2.45, 2.75) is 19.3 Å². The molecule has 3 aromatic rings. The van der Waals surface area contributed by atoms with Gasteiger partial charge in [-0.25, -0.2) is 4.79 Å². The largest absolute Gasteiger partial charge is 1.00 e. The molecule has 0 bridgehead atoms. The summed E-state index contributed by atoms with van der Waals surface area (Å²) < 4.78 is 5.24. The van der Waals surface area contributed by atoms with Gasteiger partial charge in [0.15, 0.2) is 0 Å². The van der Waals surface area contributed by atoms with Gasteiger partial charge in [0, 0.05) is 35.4 Å². The van der Waals surface area contributed by atoms with E-state index in [9.17, 15) is 24.8 Å². The third kappa shape index (κ3) is 4.27. The van der Waals surface area contributed by atoms with E-state index >= 15 is 0 Å². The van der Waals surface area contributed by atoms with Crippen molar-refractivity contribution in [3.05, 3.63) is 80.2 Å². The summed E-state index contributed by atoms with van der Waals surface area (Å²) in [6.07, 6.45) is -0.0872. The number of Topliss-reactive ketones (excluding diaryl/α,β-unsaturated/α-hetero) is 1. The van der Waals surface area contributed by atoms with Crippen LogP contribution in [0.2, 0.25) is 0 Å². The molecule has 0 saturated carbocycles. The molecule has 27 heavy (non-hydrogen) atoms. The Hall–Kier alpha value is -2.48. The number of hydrogen-bond acceptors (Lipinski definition) is 6. The smallest absolute Gasteiger partial charge is 0.872 e. The number of rotatable bonds is 5. The Balaban J connectivity index is 0.00000261. The van der Waals surface area contributed by atoms with Gasteiger partial charge in [0.2, 0.25) is 0 Å². The van der Waals surface area contributed by atoms with Crippen LogP contribution in [0.15, 0.2) is 57.7 Å². The van der Waals surface area contributed by atoms with Gasteiger partial charge in [-0.05, 0) is 18.6 Å². The van der Waals surface area contributed by atoms with Gasteiger partial charge in [-0.3, -0.25) is 14.9 Å². The number of nitro benzene ring substituents is 1. The molecule has 0 fully saturated rings. The van der Waals surface area contributed by atoms with Crippen LogP contribution in [0.25, 0.3) is 11.0 Å². The number of fused-ring (bicyclic) bond motifs is 1. The summed E-state index contributed by atoms with van der Waals surface area (Å²) in [5.41, 5.74) is -0.434. The van der Waals surface area contributed by atoms with Gasteiger partial charge < -0.3 is 9.52 Å². The molecule has 0 aliphatic heterocycles. The minimum Gasteiger partial charge on any atom is -0.872 e. The molecule has 1 heterocycles. The maximum Gasteiger partial charge on any atom is 1.00 e. The van der Waals surface area contributed by atoms with E-state index in [1.807, 2.05) is 0 Å². The summed E-state index contributed by atoms with van der Waals surface area (Å²) in [5.74, 6) is -1.55. The minimum atomic E-state index is -0.832. The van der Waals surface area contributed by atoms with Crippen molar-refractivity contribution >= 4 is 22.4 Å². The molecule has 0 aliphatic rings. The van der Waals surface area contributed by atoms with Crippen LogP contribution in [0.4, 0.5) is 5.69 Å². The van der Waals surface area contributed by atoms with Crippen LogP contribution in [0, 0.1) is 10.1 Å². The number of nitrogens with zero attached hydrogens (tertiary/aromatic N) is 1. The quantitative estimate of drug-likeness (QED) is 0.266. The van der Waals surface area contributed by atoms with Gasteiger partial charge in [-0.15, -0.1) is 0 Å². The fourth-order valence-electron chi connectivity index (χ4n) is 2.94. The first-order valence-electron chi connectivity index (χ1n) is 7.85. The third-order valence-electron chi connectivity index (χ3n) is 4.15. The first-order chi connectivity index (χ1) is 12.4. The van der Waals surface area contributed by atoms with Crippen molar-refractivity contribution in [1.82, 2.24) is 0 Å². The second-order valence-corrected chi connectivity index (χ2v) is 5.94. The second-order valence-electron chi connectivity index (χ2n) is 5.94. The second kappa shape index (κ2) is 8.47. The zero-order valence-electron chi connectivity index (χ0n) is 14.8. The van der Waals surface area contributed by atoms with E-state index in [-0.39, 0.29) is 64.0 Å². The summed E-state index contributed by atoms with van der Waals surface area (Å²) >= 11 is 0. The van der Waals surface area contributed by atoms with Crippen molar-refractivity contribution in [1.29, 1.82) is 0 Å². The van der Waals surface area contributed by atoms with Crippen LogP contribution < -0.4 is 40.3 Å². The average molecular weight is 375 g/mol. The zero-order valence-corrected chi connectivity index (χ0v) is 16.8. The Labute approximate surface area is 176 Å². The summed E-state index contributed by atoms with van der Waals surface area (Å²) in [6, 6.07) is 11.8.